The van der Waals surface area contributed by atoms with Gasteiger partial charge in [0.05, 0.1) is 13.5 Å². The molecule has 2 rings (SSSR count). The third-order valence-electron chi connectivity index (χ3n) is 2.82. The van der Waals surface area contributed by atoms with Crippen molar-refractivity contribution in [3.05, 3.63) is 53.6 Å². The summed E-state index contributed by atoms with van der Waals surface area (Å²) in [5.41, 5.74) is 2.12. The van der Waals surface area contributed by atoms with Crippen molar-refractivity contribution >= 4 is 12.3 Å². The second-order valence-corrected chi connectivity index (χ2v) is 4.18. The van der Waals surface area contributed by atoms with Crippen molar-refractivity contribution in [3.8, 4) is 11.1 Å². The van der Waals surface area contributed by atoms with Crippen molar-refractivity contribution < 1.29 is 18.7 Å². The second-order valence-electron chi connectivity index (χ2n) is 4.18. The summed E-state index contributed by atoms with van der Waals surface area (Å²) in [7, 11) is 1.31. The molecule has 0 saturated carbocycles. The molecular formula is C15H12FNO3. The topological polar surface area (TPSA) is 56.3 Å². The van der Waals surface area contributed by atoms with Gasteiger partial charge in [0.25, 0.3) is 0 Å². The molecule has 1 heterocycles. The number of hydrogen-bond acceptors (Lipinski definition) is 4. The predicted octanol–water partition coefficient (Wildman–Crippen LogP) is 2.42. The number of aromatic nitrogens is 1. The van der Waals surface area contributed by atoms with Crippen molar-refractivity contribution in [2.24, 2.45) is 0 Å². The highest BCUT2D eigenvalue weighted by Crippen LogP contribution is 2.23. The number of methoxy groups -OCH3 is 1. The molecular weight excluding hydrogens is 261 g/mol. The van der Waals surface area contributed by atoms with Crippen LogP contribution in [0.15, 0.2) is 36.7 Å². The van der Waals surface area contributed by atoms with Gasteiger partial charge in [0.1, 0.15) is 5.82 Å². The number of hydrogen-bond donors (Lipinski definition) is 0. The average Bonchev–Trinajstić information content (AvgIpc) is 2.47. The Bertz CT molecular complexity index is 655. The van der Waals surface area contributed by atoms with Crippen molar-refractivity contribution in [2.75, 3.05) is 7.11 Å². The molecule has 0 spiro atoms. The van der Waals surface area contributed by atoms with Gasteiger partial charge in [-0.15, -0.1) is 0 Å². The van der Waals surface area contributed by atoms with Crippen LogP contribution in [0.4, 0.5) is 4.39 Å². The zero-order valence-electron chi connectivity index (χ0n) is 10.8. The maximum Gasteiger partial charge on any atom is 0.310 e. The summed E-state index contributed by atoms with van der Waals surface area (Å²) in [6, 6.07) is 5.67. The van der Waals surface area contributed by atoms with Gasteiger partial charge >= 0.3 is 5.97 Å². The van der Waals surface area contributed by atoms with E-state index in [2.05, 4.69) is 9.72 Å². The molecule has 2 aromatic rings. The van der Waals surface area contributed by atoms with Gasteiger partial charge in [0.2, 0.25) is 0 Å². The Morgan fingerprint density at radius 3 is 2.85 bits per heavy atom. The number of esters is 1. The van der Waals surface area contributed by atoms with Crippen LogP contribution >= 0.6 is 0 Å². The van der Waals surface area contributed by atoms with Gasteiger partial charge < -0.3 is 4.74 Å². The van der Waals surface area contributed by atoms with Crippen LogP contribution in [0.2, 0.25) is 0 Å². The molecule has 102 valence electrons. The fourth-order valence-corrected chi connectivity index (χ4v) is 1.86. The lowest BCUT2D eigenvalue weighted by molar-refractivity contribution is -0.139. The molecule has 0 N–H and O–H groups in total. The Morgan fingerprint density at radius 1 is 1.35 bits per heavy atom. The van der Waals surface area contributed by atoms with Gasteiger partial charge in [0.15, 0.2) is 6.29 Å². The van der Waals surface area contributed by atoms with Crippen LogP contribution in [0.25, 0.3) is 11.1 Å². The highest BCUT2D eigenvalue weighted by Gasteiger charge is 2.09. The molecule has 5 heteroatoms. The Balaban J connectivity index is 2.40. The summed E-state index contributed by atoms with van der Waals surface area (Å²) in [6.45, 7) is 0. The molecule has 0 atom stereocenters. The Morgan fingerprint density at radius 2 is 2.15 bits per heavy atom. The van der Waals surface area contributed by atoms with E-state index in [1.54, 1.807) is 18.5 Å². The van der Waals surface area contributed by atoms with E-state index >= 15 is 0 Å². The summed E-state index contributed by atoms with van der Waals surface area (Å²) in [5.74, 6) is -0.854. The number of carbonyl (C=O) groups is 2. The molecule has 0 saturated heterocycles. The molecule has 1 aromatic heterocycles. The minimum absolute atomic E-state index is 0.0922. The van der Waals surface area contributed by atoms with Crippen molar-refractivity contribution in [2.45, 2.75) is 6.42 Å². The quantitative estimate of drug-likeness (QED) is 0.634. The van der Waals surface area contributed by atoms with Gasteiger partial charge in [-0.05, 0) is 29.3 Å². The lowest BCUT2D eigenvalue weighted by atomic mass is 10.00. The molecule has 0 bridgehead atoms. The monoisotopic (exact) mass is 273 g/mol. The second kappa shape index (κ2) is 6.06. The average molecular weight is 273 g/mol. The molecule has 20 heavy (non-hydrogen) atoms. The first kappa shape index (κ1) is 13.9. The van der Waals surface area contributed by atoms with E-state index in [1.165, 1.54) is 19.2 Å². The van der Waals surface area contributed by atoms with Gasteiger partial charge in [-0.1, -0.05) is 6.07 Å². The van der Waals surface area contributed by atoms with Crippen LogP contribution in [0, 0.1) is 5.82 Å². The number of carbonyl (C=O) groups excluding carboxylic acids is 2. The molecule has 0 aliphatic carbocycles. The maximum atomic E-state index is 13.1. The highest BCUT2D eigenvalue weighted by atomic mass is 19.1. The van der Waals surface area contributed by atoms with Crippen LogP contribution in [-0.4, -0.2) is 24.3 Å². The molecule has 0 aliphatic rings. The fourth-order valence-electron chi connectivity index (χ4n) is 1.86. The van der Waals surface area contributed by atoms with Crippen molar-refractivity contribution in [3.63, 3.8) is 0 Å². The molecule has 0 fully saturated rings. The number of ether oxygens (including phenoxy) is 1. The highest BCUT2D eigenvalue weighted by molar-refractivity contribution is 5.87. The fraction of sp³-hybridized carbons (Fsp3) is 0.133. The third kappa shape index (κ3) is 3.06. The van der Waals surface area contributed by atoms with Crippen LogP contribution in [-0.2, 0) is 16.0 Å². The van der Waals surface area contributed by atoms with E-state index in [4.69, 9.17) is 0 Å². The van der Waals surface area contributed by atoms with Gasteiger partial charge in [-0.25, -0.2) is 4.39 Å². The lowest BCUT2D eigenvalue weighted by Gasteiger charge is -2.07. The first-order chi connectivity index (χ1) is 9.63. The van der Waals surface area contributed by atoms with Crippen molar-refractivity contribution in [1.82, 2.24) is 4.98 Å². The number of rotatable bonds is 4. The lowest BCUT2D eigenvalue weighted by Crippen LogP contribution is -2.04. The van der Waals surface area contributed by atoms with Crippen molar-refractivity contribution in [1.29, 1.82) is 0 Å². The largest absolute Gasteiger partial charge is 0.469 e. The molecule has 0 radical (unpaired) electrons. The zero-order valence-corrected chi connectivity index (χ0v) is 10.8. The normalized spacial score (nSPS) is 10.1. The van der Waals surface area contributed by atoms with E-state index in [0.29, 0.717) is 23.0 Å². The van der Waals surface area contributed by atoms with Crippen LogP contribution < -0.4 is 0 Å². The van der Waals surface area contributed by atoms with Gasteiger partial charge in [-0.3, -0.25) is 14.6 Å². The van der Waals surface area contributed by atoms with Crippen LogP contribution in [0.5, 0.6) is 0 Å². The van der Waals surface area contributed by atoms with E-state index in [9.17, 15) is 14.0 Å². The first-order valence-electron chi connectivity index (χ1n) is 5.90. The van der Waals surface area contributed by atoms with Gasteiger partial charge in [0, 0.05) is 23.5 Å². The summed E-state index contributed by atoms with van der Waals surface area (Å²) < 4.78 is 17.7. The third-order valence-corrected chi connectivity index (χ3v) is 2.82. The number of pyridine rings is 1. The minimum atomic E-state index is -0.477. The SMILES string of the molecule is COC(=O)Cc1cncc(-c2ccc(F)cc2C=O)c1. The van der Waals surface area contributed by atoms with Gasteiger partial charge in [-0.2, -0.15) is 0 Å². The number of nitrogens with zero attached hydrogens (tertiary/aromatic N) is 1. The molecule has 1 aromatic carbocycles. The number of halogens is 1. The first-order valence-corrected chi connectivity index (χ1v) is 5.90. The summed E-state index contributed by atoms with van der Waals surface area (Å²) >= 11 is 0. The predicted molar refractivity (Wildman–Crippen MR) is 70.7 cm³/mol. The maximum absolute atomic E-state index is 13.1. The van der Waals surface area contributed by atoms with Crippen LogP contribution in [0.3, 0.4) is 0 Å². The molecule has 0 amide bonds. The standard InChI is InChI=1S/C15H12FNO3/c1-20-15(19)5-10-4-11(8-17-7-10)14-3-2-13(16)6-12(14)9-18/h2-4,6-9H,5H2,1H3. The Kier molecular flexibility index (Phi) is 4.20. The number of aldehydes is 1. The van der Waals surface area contributed by atoms with Crippen LogP contribution in [0.1, 0.15) is 15.9 Å². The minimum Gasteiger partial charge on any atom is -0.469 e. The Hall–Kier alpha value is -2.56. The summed E-state index contributed by atoms with van der Waals surface area (Å²) in [4.78, 5) is 26.3. The molecule has 0 unspecified atom stereocenters. The molecule has 4 nitrogen and oxygen atoms in total. The number of benzene rings is 1. The summed E-state index contributed by atoms with van der Waals surface area (Å²) in [5, 5.41) is 0. The molecule has 0 aliphatic heterocycles. The Labute approximate surface area is 115 Å². The summed E-state index contributed by atoms with van der Waals surface area (Å²) in [6.07, 6.45) is 3.78. The zero-order chi connectivity index (χ0) is 14.5. The van der Waals surface area contributed by atoms with E-state index in [1.807, 2.05) is 0 Å². The van der Waals surface area contributed by atoms with E-state index in [0.717, 1.165) is 6.07 Å². The van der Waals surface area contributed by atoms with E-state index in [-0.39, 0.29) is 18.0 Å². The van der Waals surface area contributed by atoms with E-state index < -0.39 is 5.82 Å². The smallest absolute Gasteiger partial charge is 0.310 e.